The van der Waals surface area contributed by atoms with E-state index in [0.717, 1.165) is 15.7 Å². The summed E-state index contributed by atoms with van der Waals surface area (Å²) in [7, 11) is -0.0865. The molecule has 0 aromatic rings. The normalized spacial score (nSPS) is 40.9. The molecule has 3 unspecified atom stereocenters. The van der Waals surface area contributed by atoms with Gasteiger partial charge in [-0.2, -0.15) is 0 Å². The Hall–Kier alpha value is 0.134. The van der Waals surface area contributed by atoms with Gasteiger partial charge in [0.1, 0.15) is 8.56 Å². The zero-order chi connectivity index (χ0) is 8.60. The molecule has 0 aromatic carbocycles. The van der Waals surface area contributed by atoms with Crippen molar-refractivity contribution in [3.8, 4) is 0 Å². The highest BCUT2D eigenvalue weighted by Gasteiger charge is 2.39. The Morgan fingerprint density at radius 2 is 2.50 bits per heavy atom. The van der Waals surface area contributed by atoms with Crippen LogP contribution >= 0.6 is 0 Å². The van der Waals surface area contributed by atoms with Gasteiger partial charge in [0.25, 0.3) is 0 Å². The lowest BCUT2D eigenvalue weighted by Gasteiger charge is -2.23. The average Bonchev–Trinajstić information content (AvgIpc) is 2.60. The van der Waals surface area contributed by atoms with Crippen LogP contribution < -0.4 is 0 Å². The van der Waals surface area contributed by atoms with Gasteiger partial charge in [-0.3, -0.25) is 0 Å². The number of fused-ring (bicyclic) bond motifs is 2. The topological polar surface area (TPSA) is 20.2 Å². The van der Waals surface area contributed by atoms with Gasteiger partial charge in [0.2, 0.25) is 0 Å². The van der Waals surface area contributed by atoms with Crippen LogP contribution in [-0.2, 0) is 0 Å². The fourth-order valence-corrected chi connectivity index (χ4v) is 4.52. The molecule has 1 fully saturated rings. The lowest BCUT2D eigenvalue weighted by atomic mass is 9.85. The van der Waals surface area contributed by atoms with E-state index in [1.165, 1.54) is 31.7 Å². The number of allylic oxidation sites excluding steroid dienone is 2. The van der Waals surface area contributed by atoms with Crippen molar-refractivity contribution in [2.45, 2.75) is 31.7 Å². The summed E-state index contributed by atoms with van der Waals surface area (Å²) >= 11 is 0. The van der Waals surface area contributed by atoms with E-state index < -0.39 is 8.56 Å². The third-order valence-electron chi connectivity index (χ3n) is 3.46. The highest BCUT2D eigenvalue weighted by atomic mass is 29.2. The molecule has 68 valence electrons. The molecule has 0 heterocycles. The first-order valence-corrected chi connectivity index (χ1v) is 11.0. The minimum Gasteiger partial charge on any atom is -0.439 e. The minimum atomic E-state index is -1.16. The van der Waals surface area contributed by atoms with Gasteiger partial charge in [0, 0.05) is 9.76 Å². The van der Waals surface area contributed by atoms with Gasteiger partial charge in [0.05, 0.1) is 0 Å². The van der Waals surface area contributed by atoms with Gasteiger partial charge in [-0.1, -0.05) is 12.2 Å². The zero-order valence-corrected chi connectivity index (χ0v) is 10.9. The van der Waals surface area contributed by atoms with Crippen LogP contribution in [0.15, 0.2) is 12.2 Å². The summed E-state index contributed by atoms with van der Waals surface area (Å²) in [6.07, 6.45) is 10.3. The van der Waals surface area contributed by atoms with Gasteiger partial charge in [-0.05, 0) is 43.1 Å². The molecular formula is C9H18OSi2. The van der Waals surface area contributed by atoms with Crippen LogP contribution in [0.5, 0.6) is 0 Å². The Bertz CT molecular complexity index is 203. The standard InChI is InChI=1S/C9H18OSi2/c10-12(11)6-5-9-3-1-8(7-9)2-4-9/h1,3,8,10,12H,2,4-7H2,11H3. The van der Waals surface area contributed by atoms with E-state index in [1.54, 1.807) is 0 Å². The molecule has 2 aliphatic rings. The van der Waals surface area contributed by atoms with E-state index in [9.17, 15) is 4.80 Å². The average molecular weight is 198 g/mol. The van der Waals surface area contributed by atoms with Crippen molar-refractivity contribution < 1.29 is 4.80 Å². The highest BCUT2D eigenvalue weighted by molar-refractivity contribution is 6.98. The summed E-state index contributed by atoms with van der Waals surface area (Å²) in [5.74, 6) is 0.901. The van der Waals surface area contributed by atoms with Crippen molar-refractivity contribution in [2.75, 3.05) is 0 Å². The van der Waals surface area contributed by atoms with Gasteiger partial charge < -0.3 is 4.80 Å². The number of rotatable bonds is 3. The maximum absolute atomic E-state index is 9.41. The smallest absolute Gasteiger partial charge is 0.149 e. The second-order valence-corrected chi connectivity index (χ2v) is 10.9. The molecule has 0 aliphatic heterocycles. The molecule has 0 saturated heterocycles. The molecule has 3 atom stereocenters. The lowest BCUT2D eigenvalue weighted by Crippen LogP contribution is -2.18. The van der Waals surface area contributed by atoms with Crippen LogP contribution in [0.3, 0.4) is 0 Å². The molecule has 0 amide bonds. The predicted octanol–water partition coefficient (Wildman–Crippen LogP) is 0.311. The molecule has 0 radical (unpaired) electrons. The third kappa shape index (κ3) is 1.58. The Balaban J connectivity index is 1.91. The van der Waals surface area contributed by atoms with Crippen molar-refractivity contribution in [2.24, 2.45) is 11.3 Å². The van der Waals surface area contributed by atoms with Crippen molar-refractivity contribution in [1.82, 2.24) is 0 Å². The van der Waals surface area contributed by atoms with Crippen LogP contribution in [0.4, 0.5) is 0 Å². The summed E-state index contributed by atoms with van der Waals surface area (Å²) in [6.45, 7) is 0. The molecule has 2 bridgehead atoms. The van der Waals surface area contributed by atoms with Crippen molar-refractivity contribution in [3.63, 3.8) is 0 Å². The summed E-state index contributed by atoms with van der Waals surface area (Å²) in [5, 5.41) is 0. The minimum absolute atomic E-state index is 0.559. The Kier molecular flexibility index (Phi) is 2.27. The first-order valence-electron chi connectivity index (χ1n) is 5.08. The van der Waals surface area contributed by atoms with Gasteiger partial charge in [0.15, 0.2) is 0 Å². The van der Waals surface area contributed by atoms with Crippen molar-refractivity contribution >= 4 is 18.3 Å². The van der Waals surface area contributed by atoms with Crippen LogP contribution in [0.1, 0.15) is 25.7 Å². The highest BCUT2D eigenvalue weighted by Crippen LogP contribution is 2.51. The lowest BCUT2D eigenvalue weighted by molar-refractivity contribution is 0.382. The van der Waals surface area contributed by atoms with E-state index >= 15 is 0 Å². The summed E-state index contributed by atoms with van der Waals surface area (Å²) in [5.41, 5.74) is 0.559. The second kappa shape index (κ2) is 3.12. The monoisotopic (exact) mass is 198 g/mol. The molecule has 3 heteroatoms. The van der Waals surface area contributed by atoms with Gasteiger partial charge >= 0.3 is 0 Å². The van der Waals surface area contributed by atoms with E-state index in [2.05, 4.69) is 12.2 Å². The molecular weight excluding hydrogens is 180 g/mol. The zero-order valence-electron chi connectivity index (χ0n) is 7.79. The van der Waals surface area contributed by atoms with E-state index in [-0.39, 0.29) is 0 Å². The van der Waals surface area contributed by atoms with Crippen LogP contribution in [0.2, 0.25) is 6.04 Å². The number of hydrogen-bond donors (Lipinski definition) is 1. The van der Waals surface area contributed by atoms with Crippen molar-refractivity contribution in [3.05, 3.63) is 12.2 Å². The van der Waals surface area contributed by atoms with E-state index in [0.29, 0.717) is 5.41 Å². The van der Waals surface area contributed by atoms with E-state index in [1.807, 2.05) is 0 Å². The van der Waals surface area contributed by atoms with Crippen molar-refractivity contribution in [1.29, 1.82) is 0 Å². The molecule has 1 saturated carbocycles. The Morgan fingerprint density at radius 1 is 1.67 bits per heavy atom. The first-order chi connectivity index (χ1) is 5.70. The summed E-state index contributed by atoms with van der Waals surface area (Å²) < 4.78 is 0. The molecule has 2 aliphatic carbocycles. The maximum atomic E-state index is 9.41. The quantitative estimate of drug-likeness (QED) is 0.511. The fourth-order valence-electron chi connectivity index (χ4n) is 2.66. The van der Waals surface area contributed by atoms with Crippen LogP contribution in [-0.4, -0.2) is 23.1 Å². The maximum Gasteiger partial charge on any atom is 0.149 e. The molecule has 12 heavy (non-hydrogen) atoms. The second-order valence-electron chi connectivity index (χ2n) is 4.61. The number of hydrogen-bond acceptors (Lipinski definition) is 1. The largest absolute Gasteiger partial charge is 0.439 e. The molecule has 2 rings (SSSR count). The van der Waals surface area contributed by atoms with Crippen LogP contribution in [0.25, 0.3) is 0 Å². The Labute approximate surface area is 78.8 Å². The molecule has 0 aromatic heterocycles. The predicted molar refractivity (Wildman–Crippen MR) is 57.6 cm³/mol. The van der Waals surface area contributed by atoms with Crippen LogP contribution in [0, 0.1) is 11.3 Å². The molecule has 1 nitrogen and oxygen atoms in total. The molecule has 0 spiro atoms. The van der Waals surface area contributed by atoms with Gasteiger partial charge in [-0.25, -0.2) is 0 Å². The third-order valence-corrected chi connectivity index (χ3v) is 6.32. The van der Waals surface area contributed by atoms with E-state index in [4.69, 9.17) is 0 Å². The Morgan fingerprint density at radius 3 is 2.92 bits per heavy atom. The molecule has 1 N–H and O–H groups in total. The van der Waals surface area contributed by atoms with Gasteiger partial charge in [-0.15, -0.1) is 0 Å². The SMILES string of the molecule is O[SiH]([SiH3])CCC12C=CC(CC1)C2. The summed E-state index contributed by atoms with van der Waals surface area (Å²) in [4.78, 5) is 9.41. The fraction of sp³-hybridized carbons (Fsp3) is 0.778. The first kappa shape index (κ1) is 8.72. The summed E-state index contributed by atoms with van der Waals surface area (Å²) in [6, 6.07) is 1.17.